The lowest BCUT2D eigenvalue weighted by molar-refractivity contribution is -0.115. The van der Waals surface area contributed by atoms with E-state index in [1.54, 1.807) is 30.0 Å². The average molecular weight is 305 g/mol. The fourth-order valence-electron chi connectivity index (χ4n) is 2.18. The van der Waals surface area contributed by atoms with Crippen molar-refractivity contribution in [3.8, 4) is 0 Å². The normalized spacial score (nSPS) is 16.8. The van der Waals surface area contributed by atoms with Gasteiger partial charge in [0, 0.05) is 9.92 Å². The van der Waals surface area contributed by atoms with E-state index in [0.29, 0.717) is 16.4 Å². The topological polar surface area (TPSA) is 55.1 Å². The summed E-state index contributed by atoms with van der Waals surface area (Å²) < 4.78 is 0. The van der Waals surface area contributed by atoms with Crippen LogP contribution < -0.4 is 11.1 Å². The van der Waals surface area contributed by atoms with Crippen molar-refractivity contribution < 1.29 is 4.79 Å². The molecule has 5 heteroatoms. The number of thioether (sulfide) groups is 1. The van der Waals surface area contributed by atoms with Crippen molar-refractivity contribution in [2.45, 2.75) is 16.6 Å². The Morgan fingerprint density at radius 3 is 2.90 bits per heavy atom. The highest BCUT2D eigenvalue weighted by Gasteiger charge is 2.28. The molecule has 1 aliphatic rings. The van der Waals surface area contributed by atoms with Crippen LogP contribution in [0.2, 0.25) is 5.02 Å². The summed E-state index contributed by atoms with van der Waals surface area (Å²) in [5.41, 5.74) is 8.15. The number of nitrogens with two attached hydrogens (primary N) is 1. The molecule has 0 aromatic heterocycles. The largest absolute Gasteiger partial charge is 0.397 e. The maximum atomic E-state index is 12.3. The number of nitrogens with one attached hydrogen (secondary N) is 1. The van der Waals surface area contributed by atoms with E-state index in [2.05, 4.69) is 11.4 Å². The molecule has 0 saturated heterocycles. The number of benzene rings is 2. The van der Waals surface area contributed by atoms with Crippen molar-refractivity contribution in [1.29, 1.82) is 0 Å². The van der Waals surface area contributed by atoms with Gasteiger partial charge in [-0.25, -0.2) is 0 Å². The smallest absolute Gasteiger partial charge is 0.238 e. The first kappa shape index (κ1) is 13.3. The summed E-state index contributed by atoms with van der Waals surface area (Å²) in [4.78, 5) is 13.5. The minimum Gasteiger partial charge on any atom is -0.397 e. The molecule has 3 nitrogen and oxygen atoms in total. The maximum absolute atomic E-state index is 12.3. The van der Waals surface area contributed by atoms with Crippen molar-refractivity contribution in [2.24, 2.45) is 0 Å². The van der Waals surface area contributed by atoms with Crippen molar-refractivity contribution in [1.82, 2.24) is 0 Å². The standard InChI is InChI=1S/C15H13ClN2OS/c16-10-5-6-11(17)12(8-10)18-15(19)14-7-9-3-1-2-4-13(9)20-14/h1-6,8,14H,7,17H2,(H,18,19). The molecule has 1 aliphatic heterocycles. The Kier molecular flexibility index (Phi) is 3.59. The van der Waals surface area contributed by atoms with Gasteiger partial charge in [-0.05, 0) is 36.2 Å². The van der Waals surface area contributed by atoms with Gasteiger partial charge in [0.2, 0.25) is 5.91 Å². The number of carbonyl (C=O) groups excluding carboxylic acids is 1. The zero-order valence-corrected chi connectivity index (χ0v) is 12.2. The zero-order chi connectivity index (χ0) is 14.1. The molecule has 20 heavy (non-hydrogen) atoms. The van der Waals surface area contributed by atoms with Crippen LogP contribution in [0.5, 0.6) is 0 Å². The molecule has 1 atom stereocenters. The highest BCUT2D eigenvalue weighted by atomic mass is 35.5. The monoisotopic (exact) mass is 304 g/mol. The number of hydrogen-bond donors (Lipinski definition) is 2. The maximum Gasteiger partial charge on any atom is 0.238 e. The van der Waals surface area contributed by atoms with Crippen LogP contribution in [-0.4, -0.2) is 11.2 Å². The minimum atomic E-state index is -0.120. The number of hydrogen-bond acceptors (Lipinski definition) is 3. The Bertz CT molecular complexity index is 650. The second-order valence-electron chi connectivity index (χ2n) is 4.64. The number of anilines is 2. The van der Waals surface area contributed by atoms with Crippen LogP contribution in [0.3, 0.4) is 0 Å². The molecule has 0 bridgehead atoms. The molecule has 2 aromatic rings. The molecule has 2 aromatic carbocycles. The molecule has 0 saturated carbocycles. The average Bonchev–Trinajstić information content (AvgIpc) is 2.87. The van der Waals surface area contributed by atoms with E-state index in [4.69, 9.17) is 17.3 Å². The quantitative estimate of drug-likeness (QED) is 0.834. The van der Waals surface area contributed by atoms with Crippen LogP contribution in [0.25, 0.3) is 0 Å². The highest BCUT2D eigenvalue weighted by molar-refractivity contribution is 8.01. The predicted octanol–water partition coefficient (Wildman–Crippen LogP) is 3.58. The van der Waals surface area contributed by atoms with Crippen LogP contribution in [0.15, 0.2) is 47.4 Å². The third kappa shape index (κ3) is 2.62. The zero-order valence-electron chi connectivity index (χ0n) is 10.6. The Hall–Kier alpha value is -1.65. The van der Waals surface area contributed by atoms with E-state index in [1.165, 1.54) is 10.5 Å². The number of rotatable bonds is 2. The molecular formula is C15H13ClN2OS. The SMILES string of the molecule is Nc1ccc(Cl)cc1NC(=O)C1Cc2ccccc2S1. The van der Waals surface area contributed by atoms with E-state index in [-0.39, 0.29) is 11.2 Å². The third-order valence-corrected chi connectivity index (χ3v) is 4.77. The number of nitrogen functional groups attached to an aromatic ring is 1. The fraction of sp³-hybridized carbons (Fsp3) is 0.133. The number of carbonyl (C=O) groups is 1. The Morgan fingerprint density at radius 2 is 2.10 bits per heavy atom. The van der Waals surface area contributed by atoms with E-state index < -0.39 is 0 Å². The Balaban J connectivity index is 1.74. The van der Waals surface area contributed by atoms with Gasteiger partial charge in [0.05, 0.1) is 16.6 Å². The van der Waals surface area contributed by atoms with Gasteiger partial charge < -0.3 is 11.1 Å². The first-order valence-electron chi connectivity index (χ1n) is 6.24. The summed E-state index contributed by atoms with van der Waals surface area (Å²) in [5, 5.41) is 3.29. The van der Waals surface area contributed by atoms with E-state index in [1.807, 2.05) is 18.2 Å². The highest BCUT2D eigenvalue weighted by Crippen LogP contribution is 2.37. The molecule has 0 spiro atoms. The summed E-state index contributed by atoms with van der Waals surface area (Å²) in [6, 6.07) is 13.1. The number of halogens is 1. The van der Waals surface area contributed by atoms with Crippen molar-refractivity contribution in [3.63, 3.8) is 0 Å². The van der Waals surface area contributed by atoms with Gasteiger partial charge in [-0.15, -0.1) is 11.8 Å². The summed E-state index contributed by atoms with van der Waals surface area (Å²) in [7, 11) is 0. The fourth-order valence-corrected chi connectivity index (χ4v) is 3.55. The van der Waals surface area contributed by atoms with Crippen molar-refractivity contribution >= 4 is 40.6 Å². The van der Waals surface area contributed by atoms with Gasteiger partial charge in [0.1, 0.15) is 0 Å². The number of amides is 1. The first-order chi connectivity index (χ1) is 9.63. The molecular weight excluding hydrogens is 292 g/mol. The molecule has 0 radical (unpaired) electrons. The van der Waals surface area contributed by atoms with Crippen molar-refractivity contribution in [2.75, 3.05) is 11.1 Å². The van der Waals surface area contributed by atoms with Crippen LogP contribution in [-0.2, 0) is 11.2 Å². The molecule has 1 amide bonds. The van der Waals surface area contributed by atoms with E-state index >= 15 is 0 Å². The van der Waals surface area contributed by atoms with Gasteiger partial charge in [-0.3, -0.25) is 4.79 Å². The lowest BCUT2D eigenvalue weighted by Crippen LogP contribution is -2.25. The van der Waals surface area contributed by atoms with Crippen LogP contribution in [0.4, 0.5) is 11.4 Å². The molecule has 1 heterocycles. The molecule has 3 N–H and O–H groups in total. The second-order valence-corrected chi connectivity index (χ2v) is 6.32. The summed E-state index contributed by atoms with van der Waals surface area (Å²) in [5.74, 6) is -0.0415. The lowest BCUT2D eigenvalue weighted by atomic mass is 10.1. The van der Waals surface area contributed by atoms with Crippen LogP contribution in [0.1, 0.15) is 5.56 Å². The number of fused-ring (bicyclic) bond motifs is 1. The van der Waals surface area contributed by atoms with Gasteiger partial charge in [0.25, 0.3) is 0 Å². The van der Waals surface area contributed by atoms with Gasteiger partial charge in [-0.2, -0.15) is 0 Å². The second kappa shape index (κ2) is 5.38. The summed E-state index contributed by atoms with van der Waals surface area (Å²) in [6.45, 7) is 0. The molecule has 102 valence electrons. The molecule has 1 unspecified atom stereocenters. The van der Waals surface area contributed by atoms with Crippen LogP contribution in [0, 0.1) is 0 Å². The van der Waals surface area contributed by atoms with Crippen LogP contribution >= 0.6 is 23.4 Å². The predicted molar refractivity (Wildman–Crippen MR) is 84.3 cm³/mol. The minimum absolute atomic E-state index is 0.0415. The molecule has 0 fully saturated rings. The van der Waals surface area contributed by atoms with E-state index in [9.17, 15) is 4.79 Å². The summed E-state index contributed by atoms with van der Waals surface area (Å²) in [6.07, 6.45) is 0.743. The Labute approximate surface area is 126 Å². The third-order valence-electron chi connectivity index (χ3n) is 3.21. The molecule has 3 rings (SSSR count). The lowest BCUT2D eigenvalue weighted by Gasteiger charge is -2.12. The van der Waals surface area contributed by atoms with Gasteiger partial charge in [0.15, 0.2) is 0 Å². The Morgan fingerprint density at radius 1 is 1.30 bits per heavy atom. The van der Waals surface area contributed by atoms with Gasteiger partial charge >= 0.3 is 0 Å². The van der Waals surface area contributed by atoms with E-state index in [0.717, 1.165) is 6.42 Å². The molecule has 0 aliphatic carbocycles. The van der Waals surface area contributed by atoms with Crippen molar-refractivity contribution in [3.05, 3.63) is 53.1 Å². The first-order valence-corrected chi connectivity index (χ1v) is 7.50. The summed E-state index contributed by atoms with van der Waals surface area (Å²) >= 11 is 7.51. The van der Waals surface area contributed by atoms with Gasteiger partial charge in [-0.1, -0.05) is 29.8 Å².